The fourth-order valence-electron chi connectivity index (χ4n) is 4.98. The third-order valence-electron chi connectivity index (χ3n) is 7.07. The first-order chi connectivity index (χ1) is 20.2. The van der Waals surface area contributed by atoms with Crippen molar-refractivity contribution >= 4 is 64.1 Å². The van der Waals surface area contributed by atoms with Gasteiger partial charge in [-0.3, -0.25) is 19.4 Å². The summed E-state index contributed by atoms with van der Waals surface area (Å²) in [5.74, 6) is -0.122. The highest BCUT2D eigenvalue weighted by molar-refractivity contribution is 7.80. The molecule has 2 heterocycles. The van der Waals surface area contributed by atoms with Gasteiger partial charge < -0.3 is 9.30 Å². The van der Waals surface area contributed by atoms with E-state index in [1.165, 1.54) is 9.80 Å². The van der Waals surface area contributed by atoms with Crippen LogP contribution in [0, 0.1) is 13.8 Å². The molecule has 6 nitrogen and oxygen atoms in total. The van der Waals surface area contributed by atoms with Crippen molar-refractivity contribution in [2.24, 2.45) is 0 Å². The number of anilines is 1. The average Bonchev–Trinajstić information content (AvgIpc) is 3.26. The first-order valence-electron chi connectivity index (χ1n) is 13.5. The van der Waals surface area contributed by atoms with E-state index in [0.717, 1.165) is 28.2 Å². The molecular formula is C33H29Cl2N3O3S. The van der Waals surface area contributed by atoms with E-state index in [4.69, 9.17) is 40.2 Å². The van der Waals surface area contributed by atoms with Crippen molar-refractivity contribution in [3.63, 3.8) is 0 Å². The number of aromatic nitrogens is 1. The van der Waals surface area contributed by atoms with Crippen LogP contribution in [0.15, 0.2) is 84.4 Å². The number of para-hydroxylation sites is 1. The van der Waals surface area contributed by atoms with Crippen molar-refractivity contribution in [1.29, 1.82) is 0 Å². The van der Waals surface area contributed by atoms with Gasteiger partial charge in [0.15, 0.2) is 5.11 Å². The van der Waals surface area contributed by atoms with Crippen molar-refractivity contribution in [2.45, 2.75) is 33.8 Å². The summed E-state index contributed by atoms with van der Waals surface area (Å²) in [5, 5.41) is 1.33. The second-order valence-electron chi connectivity index (χ2n) is 9.95. The summed E-state index contributed by atoms with van der Waals surface area (Å²) < 4.78 is 8.01. The molecule has 0 atom stereocenters. The molecule has 1 saturated heterocycles. The van der Waals surface area contributed by atoms with Gasteiger partial charge in [0.1, 0.15) is 17.9 Å². The van der Waals surface area contributed by atoms with Gasteiger partial charge in [-0.2, -0.15) is 0 Å². The fraction of sp³-hybridized carbons (Fsp3) is 0.182. The predicted octanol–water partition coefficient (Wildman–Crippen LogP) is 7.93. The van der Waals surface area contributed by atoms with E-state index in [2.05, 4.69) is 4.57 Å². The maximum absolute atomic E-state index is 13.7. The Morgan fingerprint density at radius 1 is 0.881 bits per heavy atom. The van der Waals surface area contributed by atoms with E-state index in [1.54, 1.807) is 18.2 Å². The molecule has 4 aromatic rings. The summed E-state index contributed by atoms with van der Waals surface area (Å²) in [7, 11) is 0. The van der Waals surface area contributed by atoms with Gasteiger partial charge in [-0.25, -0.2) is 0 Å². The predicted molar refractivity (Wildman–Crippen MR) is 173 cm³/mol. The number of nitrogens with zero attached hydrogens (tertiary/aromatic N) is 3. The maximum Gasteiger partial charge on any atom is 0.270 e. The Balaban J connectivity index is 1.43. The van der Waals surface area contributed by atoms with Crippen molar-refractivity contribution in [3.05, 3.63) is 117 Å². The summed E-state index contributed by atoms with van der Waals surface area (Å²) in [6.07, 6.45) is 2.38. The summed E-state index contributed by atoms with van der Waals surface area (Å²) in [5.41, 5.74) is 5.09. The fourth-order valence-corrected chi connectivity index (χ4v) is 5.80. The van der Waals surface area contributed by atoms with Gasteiger partial charge in [0.25, 0.3) is 11.8 Å². The number of hydrogen-bond donors (Lipinski definition) is 0. The Hall–Kier alpha value is -3.91. The van der Waals surface area contributed by atoms with Gasteiger partial charge >= 0.3 is 0 Å². The van der Waals surface area contributed by atoms with E-state index in [-0.39, 0.29) is 16.6 Å². The Kier molecular flexibility index (Phi) is 8.82. The molecule has 42 heavy (non-hydrogen) atoms. The lowest BCUT2D eigenvalue weighted by molar-refractivity contribution is -0.127. The molecule has 1 aliphatic rings. The number of rotatable bonds is 8. The molecule has 1 fully saturated rings. The van der Waals surface area contributed by atoms with Crippen molar-refractivity contribution in [3.8, 4) is 11.4 Å². The highest BCUT2D eigenvalue weighted by Crippen LogP contribution is 2.30. The minimum Gasteiger partial charge on any atom is -0.489 e. The third-order valence-corrected chi connectivity index (χ3v) is 8.06. The van der Waals surface area contributed by atoms with E-state index in [1.807, 2.05) is 87.5 Å². The van der Waals surface area contributed by atoms with Crippen molar-refractivity contribution in [1.82, 2.24) is 9.47 Å². The monoisotopic (exact) mass is 617 g/mol. The van der Waals surface area contributed by atoms with Crippen LogP contribution in [0.2, 0.25) is 10.0 Å². The van der Waals surface area contributed by atoms with Crippen LogP contribution in [0.1, 0.15) is 35.9 Å². The molecule has 1 aliphatic heterocycles. The number of thiocarbonyl (C=S) groups is 1. The van der Waals surface area contributed by atoms with Gasteiger partial charge in [-0.1, -0.05) is 54.4 Å². The Labute approximate surface area is 260 Å². The van der Waals surface area contributed by atoms with Crippen LogP contribution in [-0.2, 0) is 16.2 Å². The van der Waals surface area contributed by atoms with Crippen LogP contribution in [0.4, 0.5) is 5.69 Å². The molecule has 0 aliphatic carbocycles. The zero-order valence-corrected chi connectivity index (χ0v) is 25.8. The molecule has 214 valence electrons. The summed E-state index contributed by atoms with van der Waals surface area (Å²) in [6, 6.07) is 24.2. The number of aryl methyl sites for hydroxylation is 1. The first-order valence-corrected chi connectivity index (χ1v) is 14.7. The SMILES string of the molecule is CCCN1C(=O)/C(=C\c2cc(C)n(-c3ccc(OCc4ccc(Cl)cc4Cl)cc3)c2C)C(=O)N(c2ccccc2)C1=S. The van der Waals surface area contributed by atoms with Crippen LogP contribution in [0.3, 0.4) is 0 Å². The van der Waals surface area contributed by atoms with Crippen LogP contribution < -0.4 is 9.64 Å². The largest absolute Gasteiger partial charge is 0.489 e. The standard InChI is InChI=1S/C33H29Cl2N3O3S/c1-4-16-36-31(39)29(32(40)38(33(36)42)26-8-6-5-7-9-26)18-24-17-21(2)37(22(24)3)27-12-14-28(15-13-27)41-20-23-10-11-25(34)19-30(23)35/h5-15,17-19H,4,16,20H2,1-3H3/b29-18+. The van der Waals surface area contributed by atoms with E-state index >= 15 is 0 Å². The van der Waals surface area contributed by atoms with E-state index < -0.39 is 5.91 Å². The summed E-state index contributed by atoms with van der Waals surface area (Å²) >= 11 is 17.9. The molecule has 5 rings (SSSR count). The molecule has 0 unspecified atom stereocenters. The second-order valence-corrected chi connectivity index (χ2v) is 11.2. The van der Waals surface area contributed by atoms with Gasteiger partial charge in [0.2, 0.25) is 0 Å². The Morgan fingerprint density at radius 2 is 1.60 bits per heavy atom. The van der Waals surface area contributed by atoms with E-state index in [0.29, 0.717) is 41.1 Å². The van der Waals surface area contributed by atoms with Crippen LogP contribution in [0.25, 0.3) is 11.8 Å². The van der Waals surface area contributed by atoms with Crippen molar-refractivity contribution < 1.29 is 14.3 Å². The molecule has 2 amide bonds. The highest BCUT2D eigenvalue weighted by atomic mass is 35.5. The van der Waals surface area contributed by atoms with Crippen LogP contribution in [0.5, 0.6) is 5.75 Å². The zero-order chi connectivity index (χ0) is 30.0. The number of ether oxygens (including phenoxy) is 1. The molecule has 3 aromatic carbocycles. The molecule has 0 radical (unpaired) electrons. The molecule has 0 bridgehead atoms. The minimum absolute atomic E-state index is 0.0748. The minimum atomic E-state index is -0.435. The number of amides is 2. The third kappa shape index (κ3) is 5.86. The second kappa shape index (κ2) is 12.5. The molecule has 0 N–H and O–H groups in total. The topological polar surface area (TPSA) is 54.8 Å². The summed E-state index contributed by atoms with van der Waals surface area (Å²) in [4.78, 5) is 30.2. The van der Waals surface area contributed by atoms with Gasteiger partial charge in [0, 0.05) is 39.2 Å². The van der Waals surface area contributed by atoms with Crippen LogP contribution >= 0.6 is 35.4 Å². The molecule has 9 heteroatoms. The Bertz CT molecular complexity index is 1700. The Morgan fingerprint density at radius 3 is 2.26 bits per heavy atom. The molecular weight excluding hydrogens is 589 g/mol. The highest BCUT2D eigenvalue weighted by Gasteiger charge is 2.40. The lowest BCUT2D eigenvalue weighted by Crippen LogP contribution is -2.56. The van der Waals surface area contributed by atoms with Gasteiger partial charge in [0.05, 0.1) is 5.69 Å². The van der Waals surface area contributed by atoms with Crippen LogP contribution in [-0.4, -0.2) is 32.9 Å². The zero-order valence-electron chi connectivity index (χ0n) is 23.4. The molecule has 1 aromatic heterocycles. The average molecular weight is 619 g/mol. The normalized spacial score (nSPS) is 14.7. The summed E-state index contributed by atoms with van der Waals surface area (Å²) in [6.45, 7) is 6.66. The molecule has 0 spiro atoms. The van der Waals surface area contributed by atoms with Gasteiger partial charge in [-0.15, -0.1) is 0 Å². The quantitative estimate of drug-likeness (QED) is 0.114. The smallest absolute Gasteiger partial charge is 0.270 e. The lowest BCUT2D eigenvalue weighted by atomic mass is 10.1. The lowest BCUT2D eigenvalue weighted by Gasteiger charge is -2.36. The molecule has 0 saturated carbocycles. The number of carbonyl (C=O) groups excluding carboxylic acids is 2. The van der Waals surface area contributed by atoms with E-state index in [9.17, 15) is 9.59 Å². The number of halogens is 2. The number of hydrogen-bond acceptors (Lipinski definition) is 4. The first kappa shape index (κ1) is 29.6. The van der Waals surface area contributed by atoms with Crippen molar-refractivity contribution in [2.75, 3.05) is 11.4 Å². The maximum atomic E-state index is 13.7. The number of carbonyl (C=O) groups is 2. The van der Waals surface area contributed by atoms with Gasteiger partial charge in [-0.05, 0) is 98.7 Å². The number of benzene rings is 3.